The maximum Gasteiger partial charge on any atom is 0.252 e. The topological polar surface area (TPSA) is 104 Å². The Bertz CT molecular complexity index is 1030. The molecule has 0 radical (unpaired) electrons. The number of anilines is 1. The molecule has 0 fully saturated rings. The number of halogens is 3. The lowest BCUT2D eigenvalue weighted by atomic mass is 10.0. The van der Waals surface area contributed by atoms with Crippen LogP contribution in [0.4, 0.5) is 14.5 Å². The van der Waals surface area contributed by atoms with Gasteiger partial charge in [0.05, 0.1) is 17.0 Å². The van der Waals surface area contributed by atoms with Crippen molar-refractivity contribution < 1.29 is 26.8 Å². The monoisotopic (exact) mass is 431 g/mol. The molecule has 0 saturated heterocycles. The molecule has 2 aromatic carbocycles. The van der Waals surface area contributed by atoms with Crippen molar-refractivity contribution >= 4 is 39.1 Å². The highest BCUT2D eigenvalue weighted by Crippen LogP contribution is 2.25. The Morgan fingerprint density at radius 2 is 1.75 bits per heavy atom. The first kappa shape index (κ1) is 21.6. The van der Waals surface area contributed by atoms with Gasteiger partial charge in [0.15, 0.2) is 11.6 Å². The summed E-state index contributed by atoms with van der Waals surface area (Å²) in [6.45, 7) is 0. The smallest absolute Gasteiger partial charge is 0.252 e. The summed E-state index contributed by atoms with van der Waals surface area (Å²) < 4.78 is 51.6. The molecule has 2 rings (SSSR count). The molecule has 0 heterocycles. The minimum atomic E-state index is -3.64. The lowest BCUT2D eigenvalue weighted by Crippen LogP contribution is -2.39. The Balaban J connectivity index is 2.34. The van der Waals surface area contributed by atoms with Crippen molar-refractivity contribution in [2.75, 3.05) is 18.0 Å². The number of carbonyl (C=O) groups excluding carboxylic acids is 2. The summed E-state index contributed by atoms with van der Waals surface area (Å²) in [4.78, 5) is 24.7. The Kier molecular flexibility index (Phi) is 6.57. The highest BCUT2D eigenvalue weighted by Gasteiger charge is 2.24. The van der Waals surface area contributed by atoms with E-state index < -0.39 is 39.5 Å². The van der Waals surface area contributed by atoms with Gasteiger partial charge in [-0.1, -0.05) is 17.7 Å². The molecule has 2 amide bonds. The summed E-state index contributed by atoms with van der Waals surface area (Å²) >= 11 is 5.91. The van der Waals surface area contributed by atoms with Crippen molar-refractivity contribution in [3.63, 3.8) is 0 Å². The molecule has 3 N–H and O–H groups in total. The van der Waals surface area contributed by atoms with Crippen LogP contribution in [0.25, 0.3) is 0 Å². The van der Waals surface area contributed by atoms with E-state index in [1.807, 2.05) is 0 Å². The molecule has 1 atom stereocenters. The van der Waals surface area contributed by atoms with Gasteiger partial charge in [0.25, 0.3) is 5.91 Å². The molecule has 1 unspecified atom stereocenters. The van der Waals surface area contributed by atoms with E-state index in [1.54, 1.807) is 0 Å². The fourth-order valence-corrected chi connectivity index (χ4v) is 3.08. The fourth-order valence-electron chi connectivity index (χ4n) is 2.30. The molecule has 11 heteroatoms. The number of hydrogen-bond acceptors (Lipinski definition) is 4. The first-order valence-electron chi connectivity index (χ1n) is 7.76. The molecular formula is C17H16ClF2N3O4S. The highest BCUT2D eigenvalue weighted by molar-refractivity contribution is 7.92. The van der Waals surface area contributed by atoms with Gasteiger partial charge >= 0.3 is 0 Å². The van der Waals surface area contributed by atoms with E-state index in [0.717, 1.165) is 24.5 Å². The Labute approximate surface area is 165 Å². The maximum absolute atomic E-state index is 13.5. The minimum absolute atomic E-state index is 0.00737. The van der Waals surface area contributed by atoms with E-state index in [2.05, 4.69) is 15.4 Å². The van der Waals surface area contributed by atoms with Gasteiger partial charge < -0.3 is 10.6 Å². The van der Waals surface area contributed by atoms with Crippen LogP contribution in [0.2, 0.25) is 5.02 Å². The number of nitrogens with one attached hydrogen (secondary N) is 3. The zero-order valence-corrected chi connectivity index (χ0v) is 16.3. The minimum Gasteiger partial charge on any atom is -0.357 e. The molecule has 0 spiro atoms. The van der Waals surface area contributed by atoms with Crippen LogP contribution in [-0.4, -0.2) is 33.5 Å². The SMILES string of the molecule is CNC(=O)C(NC(=O)c1ccc(Cl)c(NS(C)(=O)=O)c1)c1ccc(F)c(F)c1. The second kappa shape index (κ2) is 8.53. The van der Waals surface area contributed by atoms with E-state index in [-0.39, 0.29) is 21.8 Å². The second-order valence-electron chi connectivity index (χ2n) is 5.76. The van der Waals surface area contributed by atoms with E-state index in [0.29, 0.717) is 0 Å². The lowest BCUT2D eigenvalue weighted by Gasteiger charge is -2.18. The highest BCUT2D eigenvalue weighted by atomic mass is 35.5. The summed E-state index contributed by atoms with van der Waals surface area (Å²) in [5.41, 5.74) is -0.0109. The molecule has 7 nitrogen and oxygen atoms in total. The second-order valence-corrected chi connectivity index (χ2v) is 7.92. The summed E-state index contributed by atoms with van der Waals surface area (Å²) in [5.74, 6) is -3.69. The number of benzene rings is 2. The molecule has 0 aliphatic carbocycles. The predicted octanol–water partition coefficient (Wildman–Crippen LogP) is 2.21. The van der Waals surface area contributed by atoms with Crippen molar-refractivity contribution in [1.29, 1.82) is 0 Å². The molecule has 150 valence electrons. The lowest BCUT2D eigenvalue weighted by molar-refractivity contribution is -0.122. The maximum atomic E-state index is 13.5. The van der Waals surface area contributed by atoms with Crippen molar-refractivity contribution in [2.45, 2.75) is 6.04 Å². The third-order valence-electron chi connectivity index (χ3n) is 3.58. The van der Waals surface area contributed by atoms with Gasteiger partial charge in [0.1, 0.15) is 6.04 Å². The van der Waals surface area contributed by atoms with Crippen molar-refractivity contribution in [1.82, 2.24) is 10.6 Å². The number of amides is 2. The Morgan fingerprint density at radius 3 is 2.32 bits per heavy atom. The molecule has 28 heavy (non-hydrogen) atoms. The summed E-state index contributed by atoms with van der Waals surface area (Å²) in [5, 5.41) is 4.78. The van der Waals surface area contributed by atoms with Crippen LogP contribution >= 0.6 is 11.6 Å². The van der Waals surface area contributed by atoms with Crippen LogP contribution in [0.3, 0.4) is 0 Å². The molecule has 0 bridgehead atoms. The van der Waals surface area contributed by atoms with E-state index >= 15 is 0 Å². The van der Waals surface area contributed by atoms with Crippen molar-refractivity contribution in [2.24, 2.45) is 0 Å². The van der Waals surface area contributed by atoms with E-state index in [1.165, 1.54) is 25.2 Å². The molecular weight excluding hydrogens is 416 g/mol. The van der Waals surface area contributed by atoms with Gasteiger partial charge in [-0.15, -0.1) is 0 Å². The summed E-state index contributed by atoms with van der Waals surface area (Å²) in [7, 11) is -2.32. The summed E-state index contributed by atoms with van der Waals surface area (Å²) in [6, 6.07) is 5.29. The van der Waals surface area contributed by atoms with Crippen LogP contribution < -0.4 is 15.4 Å². The average molecular weight is 432 g/mol. The van der Waals surface area contributed by atoms with Gasteiger partial charge in [-0.3, -0.25) is 14.3 Å². The third kappa shape index (κ3) is 5.40. The number of carbonyl (C=O) groups is 2. The third-order valence-corrected chi connectivity index (χ3v) is 4.51. The quantitative estimate of drug-likeness (QED) is 0.652. The number of likely N-dealkylation sites (N-methyl/N-ethyl adjacent to an activating group) is 1. The van der Waals surface area contributed by atoms with Crippen molar-refractivity contribution in [3.05, 3.63) is 64.2 Å². The first-order chi connectivity index (χ1) is 13.0. The molecule has 0 aliphatic rings. The number of sulfonamides is 1. The van der Waals surface area contributed by atoms with Crippen molar-refractivity contribution in [3.8, 4) is 0 Å². The van der Waals surface area contributed by atoms with Crippen LogP contribution in [-0.2, 0) is 14.8 Å². The Hall–Kier alpha value is -2.72. The zero-order chi connectivity index (χ0) is 21.1. The summed E-state index contributed by atoms with van der Waals surface area (Å²) in [6.07, 6.45) is 0.917. The van der Waals surface area contributed by atoms with Crippen LogP contribution in [0.5, 0.6) is 0 Å². The van der Waals surface area contributed by atoms with E-state index in [9.17, 15) is 26.8 Å². The van der Waals surface area contributed by atoms with Crippen LogP contribution in [0.15, 0.2) is 36.4 Å². The predicted molar refractivity (Wildman–Crippen MR) is 101 cm³/mol. The zero-order valence-electron chi connectivity index (χ0n) is 14.7. The van der Waals surface area contributed by atoms with Gasteiger partial charge in [-0.25, -0.2) is 17.2 Å². The van der Waals surface area contributed by atoms with Crippen LogP contribution in [0, 0.1) is 11.6 Å². The Morgan fingerprint density at radius 1 is 1.07 bits per heavy atom. The van der Waals surface area contributed by atoms with E-state index in [4.69, 9.17) is 11.6 Å². The van der Waals surface area contributed by atoms with Gasteiger partial charge in [-0.2, -0.15) is 0 Å². The number of hydrogen-bond donors (Lipinski definition) is 3. The fraction of sp³-hybridized carbons (Fsp3) is 0.176. The average Bonchev–Trinajstić information content (AvgIpc) is 2.62. The van der Waals surface area contributed by atoms with Gasteiger partial charge in [0, 0.05) is 12.6 Å². The normalized spacial score (nSPS) is 12.2. The molecule has 0 saturated carbocycles. The van der Waals surface area contributed by atoms with Gasteiger partial charge in [0.2, 0.25) is 15.9 Å². The van der Waals surface area contributed by atoms with Gasteiger partial charge in [-0.05, 0) is 35.9 Å². The standard InChI is InChI=1S/C17H16ClF2N3O4S/c1-21-17(25)15(9-4-6-12(19)13(20)7-9)22-16(24)10-3-5-11(18)14(8-10)23-28(2,26)27/h3-8,15,23H,1-2H3,(H,21,25)(H,22,24). The van der Waals surface area contributed by atoms with Crippen LogP contribution in [0.1, 0.15) is 22.0 Å². The molecule has 0 aromatic heterocycles. The first-order valence-corrected chi connectivity index (χ1v) is 10.0. The molecule has 0 aliphatic heterocycles. The molecule has 2 aromatic rings. The number of rotatable bonds is 6. The largest absolute Gasteiger partial charge is 0.357 e.